The van der Waals surface area contributed by atoms with E-state index in [2.05, 4.69) is 26.6 Å². The summed E-state index contributed by atoms with van der Waals surface area (Å²) in [7, 11) is 0. The van der Waals surface area contributed by atoms with Crippen LogP contribution in [0.15, 0.2) is 68.5 Å². The first-order valence-electron chi connectivity index (χ1n) is 10.8. The maximum atomic E-state index is 13.1. The Morgan fingerprint density at radius 2 is 1.52 bits per heavy atom. The molecule has 0 saturated heterocycles. The quantitative estimate of drug-likeness (QED) is 0.397. The van der Waals surface area contributed by atoms with Gasteiger partial charge >= 0.3 is 0 Å². The first kappa shape index (κ1) is 25.1. The fourth-order valence-corrected chi connectivity index (χ4v) is 4.48. The summed E-state index contributed by atoms with van der Waals surface area (Å²) in [5.74, 6) is -0.215. The Labute approximate surface area is 207 Å². The van der Waals surface area contributed by atoms with Crippen molar-refractivity contribution in [3.05, 3.63) is 63.6 Å². The summed E-state index contributed by atoms with van der Waals surface area (Å²) in [4.78, 5) is 40.7. The molecule has 1 heterocycles. The molecule has 6 nitrogen and oxygen atoms in total. The Kier molecular flexibility index (Phi) is 8.37. The van der Waals surface area contributed by atoms with Gasteiger partial charge in [-0.1, -0.05) is 55.4 Å². The first-order valence-corrected chi connectivity index (χ1v) is 12.5. The van der Waals surface area contributed by atoms with Crippen molar-refractivity contribution in [2.75, 3.05) is 17.2 Å². The molecule has 33 heavy (non-hydrogen) atoms. The van der Waals surface area contributed by atoms with E-state index in [-0.39, 0.29) is 35.3 Å². The number of nitrogens with zero attached hydrogens (tertiary/aromatic N) is 1. The standard InChI is InChI=1S/C25H28BrN3O3S/c1-15(2)13-21(30)27-18-9-11-20(12-10-18)33-23-22(28-19-7-5-17(26)6-8-19)24(31)29(25(23)32)14-16(3)4/h5-12,15-16,28H,13-14H2,1-4H3,(H,27,30). The van der Waals surface area contributed by atoms with Crippen LogP contribution in [0.4, 0.5) is 11.4 Å². The van der Waals surface area contributed by atoms with Gasteiger partial charge in [0, 0.05) is 33.7 Å². The summed E-state index contributed by atoms with van der Waals surface area (Å²) in [6, 6.07) is 14.7. The fraction of sp³-hybridized carbons (Fsp3) is 0.320. The third-order valence-electron chi connectivity index (χ3n) is 4.74. The zero-order valence-electron chi connectivity index (χ0n) is 19.1. The molecule has 0 atom stereocenters. The van der Waals surface area contributed by atoms with Crippen LogP contribution in [0.5, 0.6) is 0 Å². The number of thioether (sulfide) groups is 1. The number of benzene rings is 2. The minimum Gasteiger partial charge on any atom is -0.350 e. The number of nitrogens with one attached hydrogen (secondary N) is 2. The largest absolute Gasteiger partial charge is 0.350 e. The van der Waals surface area contributed by atoms with E-state index in [9.17, 15) is 14.4 Å². The SMILES string of the molecule is CC(C)CC(=O)Nc1ccc(SC2=C(Nc3ccc(Br)cc3)C(=O)N(CC(C)C)C2=O)cc1. The van der Waals surface area contributed by atoms with E-state index in [4.69, 9.17) is 0 Å². The number of hydrogen-bond donors (Lipinski definition) is 2. The molecule has 2 aromatic carbocycles. The molecule has 3 amide bonds. The van der Waals surface area contributed by atoms with Gasteiger partial charge in [0.1, 0.15) is 10.6 Å². The summed E-state index contributed by atoms with van der Waals surface area (Å²) in [5, 5.41) is 6.03. The molecule has 0 unspecified atom stereocenters. The zero-order chi connectivity index (χ0) is 24.1. The normalized spacial score (nSPS) is 14.0. The maximum absolute atomic E-state index is 13.1. The summed E-state index contributed by atoms with van der Waals surface area (Å²) in [5.41, 5.74) is 1.70. The number of hydrogen-bond acceptors (Lipinski definition) is 5. The second kappa shape index (κ2) is 11.0. The number of carbonyl (C=O) groups is 3. The molecule has 0 spiro atoms. The van der Waals surface area contributed by atoms with Crippen LogP contribution in [-0.2, 0) is 14.4 Å². The fourth-order valence-electron chi connectivity index (χ4n) is 3.27. The zero-order valence-corrected chi connectivity index (χ0v) is 21.5. The van der Waals surface area contributed by atoms with Crippen LogP contribution < -0.4 is 10.6 Å². The third-order valence-corrected chi connectivity index (χ3v) is 6.36. The van der Waals surface area contributed by atoms with Crippen molar-refractivity contribution in [1.82, 2.24) is 4.90 Å². The second-order valence-corrected chi connectivity index (χ2v) is 10.7. The van der Waals surface area contributed by atoms with Gasteiger partial charge in [0.15, 0.2) is 0 Å². The number of carbonyl (C=O) groups excluding carboxylic acids is 3. The molecular formula is C25H28BrN3O3S. The molecule has 1 aliphatic heterocycles. The van der Waals surface area contributed by atoms with Crippen LogP contribution in [-0.4, -0.2) is 29.2 Å². The molecule has 2 aromatic rings. The number of imide groups is 1. The molecule has 0 aromatic heterocycles. The molecule has 8 heteroatoms. The topological polar surface area (TPSA) is 78.5 Å². The first-order chi connectivity index (χ1) is 15.6. The van der Waals surface area contributed by atoms with Crippen LogP contribution in [0.25, 0.3) is 0 Å². The van der Waals surface area contributed by atoms with Crippen molar-refractivity contribution in [3.8, 4) is 0 Å². The average molecular weight is 530 g/mol. The molecule has 0 radical (unpaired) electrons. The maximum Gasteiger partial charge on any atom is 0.278 e. The summed E-state index contributed by atoms with van der Waals surface area (Å²) >= 11 is 4.65. The van der Waals surface area contributed by atoms with E-state index in [1.165, 1.54) is 16.7 Å². The number of rotatable bonds is 9. The highest BCUT2D eigenvalue weighted by Gasteiger charge is 2.39. The Hall–Kier alpha value is -2.58. The third kappa shape index (κ3) is 6.71. The van der Waals surface area contributed by atoms with Gasteiger partial charge in [0.05, 0.1) is 0 Å². The highest BCUT2D eigenvalue weighted by molar-refractivity contribution is 9.10. The van der Waals surface area contributed by atoms with Crippen LogP contribution in [0.2, 0.25) is 0 Å². The predicted molar refractivity (Wildman–Crippen MR) is 137 cm³/mol. The van der Waals surface area contributed by atoms with Crippen molar-refractivity contribution >= 4 is 56.8 Å². The molecule has 0 bridgehead atoms. The lowest BCUT2D eigenvalue weighted by atomic mass is 10.1. The van der Waals surface area contributed by atoms with Gasteiger partial charge < -0.3 is 10.6 Å². The Morgan fingerprint density at radius 1 is 0.909 bits per heavy atom. The predicted octanol–water partition coefficient (Wildman–Crippen LogP) is 5.87. The molecule has 0 fully saturated rings. The van der Waals surface area contributed by atoms with Crippen LogP contribution >= 0.6 is 27.7 Å². The van der Waals surface area contributed by atoms with E-state index in [1.807, 2.05) is 64.1 Å². The van der Waals surface area contributed by atoms with Gasteiger partial charge in [0.25, 0.3) is 11.8 Å². The highest BCUT2D eigenvalue weighted by Crippen LogP contribution is 2.36. The van der Waals surface area contributed by atoms with Gasteiger partial charge in [-0.25, -0.2) is 0 Å². The summed E-state index contributed by atoms with van der Waals surface area (Å²) in [6.07, 6.45) is 0.455. The van der Waals surface area contributed by atoms with E-state index in [0.717, 1.165) is 15.1 Å². The lowest BCUT2D eigenvalue weighted by Crippen LogP contribution is -2.35. The number of amides is 3. The van der Waals surface area contributed by atoms with E-state index >= 15 is 0 Å². The van der Waals surface area contributed by atoms with Crippen molar-refractivity contribution in [1.29, 1.82) is 0 Å². The lowest BCUT2D eigenvalue weighted by molar-refractivity contribution is -0.137. The molecule has 0 saturated carbocycles. The molecule has 0 aliphatic carbocycles. The van der Waals surface area contributed by atoms with Gasteiger partial charge in [-0.2, -0.15) is 0 Å². The number of anilines is 2. The van der Waals surface area contributed by atoms with E-state index in [0.29, 0.717) is 23.6 Å². The minimum atomic E-state index is -0.323. The Morgan fingerprint density at radius 3 is 2.09 bits per heavy atom. The van der Waals surface area contributed by atoms with Crippen LogP contribution in [0, 0.1) is 11.8 Å². The minimum absolute atomic E-state index is 0.0324. The smallest absolute Gasteiger partial charge is 0.278 e. The van der Waals surface area contributed by atoms with Gasteiger partial charge in [-0.15, -0.1) is 0 Å². The van der Waals surface area contributed by atoms with Gasteiger partial charge in [-0.3, -0.25) is 19.3 Å². The lowest BCUT2D eigenvalue weighted by Gasteiger charge is -2.17. The van der Waals surface area contributed by atoms with E-state index < -0.39 is 0 Å². The Bertz CT molecular complexity index is 1060. The van der Waals surface area contributed by atoms with Gasteiger partial charge in [-0.05, 0) is 60.4 Å². The van der Waals surface area contributed by atoms with Crippen LogP contribution in [0.1, 0.15) is 34.1 Å². The highest BCUT2D eigenvalue weighted by atomic mass is 79.9. The average Bonchev–Trinajstić information content (AvgIpc) is 2.94. The van der Waals surface area contributed by atoms with Gasteiger partial charge in [0.2, 0.25) is 5.91 Å². The molecule has 2 N–H and O–H groups in total. The molecule has 3 rings (SSSR count). The van der Waals surface area contributed by atoms with E-state index in [1.54, 1.807) is 12.1 Å². The van der Waals surface area contributed by atoms with Crippen LogP contribution in [0.3, 0.4) is 0 Å². The second-order valence-electron chi connectivity index (χ2n) is 8.72. The molecular weight excluding hydrogens is 502 g/mol. The monoisotopic (exact) mass is 529 g/mol. The Balaban J connectivity index is 1.83. The number of halogens is 1. The van der Waals surface area contributed by atoms with Crippen molar-refractivity contribution in [3.63, 3.8) is 0 Å². The molecule has 1 aliphatic rings. The summed E-state index contributed by atoms with van der Waals surface area (Å²) in [6.45, 7) is 8.29. The summed E-state index contributed by atoms with van der Waals surface area (Å²) < 4.78 is 0.924. The van der Waals surface area contributed by atoms with Crippen molar-refractivity contribution in [2.45, 2.75) is 39.0 Å². The van der Waals surface area contributed by atoms with Crippen molar-refractivity contribution < 1.29 is 14.4 Å². The van der Waals surface area contributed by atoms with Crippen molar-refractivity contribution in [2.24, 2.45) is 11.8 Å². The molecule has 174 valence electrons.